The van der Waals surface area contributed by atoms with E-state index in [-0.39, 0.29) is 23.4 Å². The number of hydrogen-bond acceptors (Lipinski definition) is 3. The molecule has 0 aliphatic heterocycles. The zero-order valence-electron chi connectivity index (χ0n) is 15.8. The van der Waals surface area contributed by atoms with E-state index < -0.39 is 18.4 Å². The molecule has 3 unspecified atom stereocenters. The van der Waals surface area contributed by atoms with E-state index in [1.54, 1.807) is 0 Å². The molecule has 4 heteroatoms. The summed E-state index contributed by atoms with van der Waals surface area (Å²) >= 11 is 0. The van der Waals surface area contributed by atoms with E-state index in [1.165, 1.54) is 0 Å². The Morgan fingerprint density at radius 1 is 0.960 bits per heavy atom. The third kappa shape index (κ3) is 2.32. The van der Waals surface area contributed by atoms with Gasteiger partial charge < -0.3 is 15.3 Å². The number of fused-ring (bicyclic) bond motifs is 5. The van der Waals surface area contributed by atoms with Gasteiger partial charge in [0, 0.05) is 11.8 Å². The van der Waals surface area contributed by atoms with Gasteiger partial charge in [-0.05, 0) is 80.5 Å². The summed E-state index contributed by atoms with van der Waals surface area (Å²) in [6.07, 6.45) is 6.95. The first-order valence-corrected chi connectivity index (χ1v) is 10.4. The lowest BCUT2D eigenvalue weighted by Crippen LogP contribution is -2.58. The number of aliphatic hydroxyl groups excluding tert-OH is 2. The van der Waals surface area contributed by atoms with Gasteiger partial charge in [0.1, 0.15) is 0 Å². The average Bonchev–Trinajstić information content (AvgIpc) is 2.76. The van der Waals surface area contributed by atoms with Gasteiger partial charge in [-0.1, -0.05) is 13.8 Å². The Morgan fingerprint density at radius 3 is 2.44 bits per heavy atom. The molecule has 0 radical (unpaired) electrons. The molecule has 4 aliphatic carbocycles. The van der Waals surface area contributed by atoms with Crippen LogP contribution in [-0.2, 0) is 0 Å². The van der Waals surface area contributed by atoms with Crippen LogP contribution >= 0.6 is 0 Å². The molecular weight excluding hydrogens is 319 g/mol. The number of aliphatic hydroxyl groups is 3. The van der Waals surface area contributed by atoms with Crippen molar-refractivity contribution in [1.82, 2.24) is 0 Å². The van der Waals surface area contributed by atoms with Gasteiger partial charge in [0.15, 0.2) is 0 Å². The van der Waals surface area contributed by atoms with Crippen LogP contribution in [0.5, 0.6) is 0 Å². The highest BCUT2D eigenvalue weighted by Crippen LogP contribution is 2.68. The fourth-order valence-electron chi connectivity index (χ4n) is 7.94. The smallest absolute Gasteiger partial charge is 0.0986 e. The Kier molecular flexibility index (Phi) is 4.29. The molecule has 4 rings (SSSR count). The summed E-state index contributed by atoms with van der Waals surface area (Å²) in [5, 5.41) is 32.0. The quantitative estimate of drug-likeness (QED) is 0.712. The fourth-order valence-corrected chi connectivity index (χ4v) is 7.94. The molecule has 0 aromatic carbocycles. The maximum atomic E-state index is 13.1. The molecule has 0 aromatic heterocycles. The molecule has 4 aliphatic rings. The first-order chi connectivity index (χ1) is 11.8. The molecular formula is C21H35FO3. The second kappa shape index (κ2) is 5.90. The normalized spacial score (nSPS) is 58.3. The molecule has 0 spiro atoms. The van der Waals surface area contributed by atoms with Crippen molar-refractivity contribution < 1.29 is 19.7 Å². The predicted molar refractivity (Wildman–Crippen MR) is 94.7 cm³/mol. The Bertz CT molecular complexity index is 527. The summed E-state index contributed by atoms with van der Waals surface area (Å²) < 4.78 is 13.1. The summed E-state index contributed by atoms with van der Waals surface area (Å²) in [5.74, 6) is 2.05. The molecule has 3 N–H and O–H groups in total. The van der Waals surface area contributed by atoms with Crippen molar-refractivity contribution in [3.63, 3.8) is 0 Å². The second-order valence-corrected chi connectivity index (χ2v) is 10.2. The minimum atomic E-state index is -1.27. The first kappa shape index (κ1) is 18.2. The van der Waals surface area contributed by atoms with Gasteiger partial charge in [0.25, 0.3) is 0 Å². The highest BCUT2D eigenvalue weighted by Gasteiger charge is 2.67. The lowest BCUT2D eigenvalue weighted by Gasteiger charge is -2.61. The van der Waals surface area contributed by atoms with Gasteiger partial charge in [0.05, 0.1) is 24.5 Å². The molecule has 3 nitrogen and oxygen atoms in total. The first-order valence-electron chi connectivity index (χ1n) is 10.4. The summed E-state index contributed by atoms with van der Waals surface area (Å²) in [6.45, 7) is 3.97. The summed E-state index contributed by atoms with van der Waals surface area (Å²) in [5.41, 5.74) is -1.34. The largest absolute Gasteiger partial charge is 0.393 e. The number of alkyl halides is 1. The van der Waals surface area contributed by atoms with Crippen molar-refractivity contribution in [1.29, 1.82) is 0 Å². The minimum absolute atomic E-state index is 0.0602. The molecule has 0 aromatic rings. The molecule has 4 fully saturated rings. The lowest BCUT2D eigenvalue weighted by atomic mass is 9.44. The van der Waals surface area contributed by atoms with E-state index in [1.807, 2.05) is 0 Å². The summed E-state index contributed by atoms with van der Waals surface area (Å²) in [4.78, 5) is 0. The molecule has 0 heterocycles. The highest BCUT2D eigenvalue weighted by molar-refractivity contribution is 5.16. The standard InChI is InChI=1S/C21H35FO3/c1-19-7-5-14(23)11-13(19)3-4-15-16(19)6-8-20(2)17(15)12-18(24)21(20,25)9-10-22/h13-18,23-25H,3-12H2,1-2H3/t13?,14?,15-,16+,17+,18?,19+,20+,21-/m1/s1. The topological polar surface area (TPSA) is 60.7 Å². The molecule has 0 saturated heterocycles. The van der Waals surface area contributed by atoms with E-state index in [4.69, 9.17) is 0 Å². The van der Waals surface area contributed by atoms with E-state index in [2.05, 4.69) is 13.8 Å². The monoisotopic (exact) mass is 354 g/mol. The van der Waals surface area contributed by atoms with Crippen molar-refractivity contribution >= 4 is 0 Å². The van der Waals surface area contributed by atoms with Crippen LogP contribution in [-0.4, -0.2) is 39.8 Å². The average molecular weight is 355 g/mol. The number of hydrogen-bond donors (Lipinski definition) is 3. The molecule has 9 atom stereocenters. The van der Waals surface area contributed by atoms with Gasteiger partial charge >= 0.3 is 0 Å². The number of halogens is 1. The highest BCUT2D eigenvalue weighted by atomic mass is 19.1. The summed E-state index contributed by atoms with van der Waals surface area (Å²) in [6, 6.07) is 0. The van der Waals surface area contributed by atoms with E-state index in [0.29, 0.717) is 30.1 Å². The van der Waals surface area contributed by atoms with E-state index >= 15 is 0 Å². The fraction of sp³-hybridized carbons (Fsp3) is 1.00. The third-order valence-corrected chi connectivity index (χ3v) is 9.52. The third-order valence-electron chi connectivity index (χ3n) is 9.52. The lowest BCUT2D eigenvalue weighted by molar-refractivity contribution is -0.175. The molecule has 0 amide bonds. The zero-order chi connectivity index (χ0) is 18.0. The molecule has 25 heavy (non-hydrogen) atoms. The van der Waals surface area contributed by atoms with Crippen LogP contribution in [0, 0.1) is 34.5 Å². The Hall–Kier alpha value is -0.190. The van der Waals surface area contributed by atoms with Gasteiger partial charge in [-0.25, -0.2) is 0 Å². The summed E-state index contributed by atoms with van der Waals surface area (Å²) in [7, 11) is 0. The van der Waals surface area contributed by atoms with E-state index in [0.717, 1.165) is 44.9 Å². The van der Waals surface area contributed by atoms with Crippen LogP contribution in [0.1, 0.15) is 71.6 Å². The second-order valence-electron chi connectivity index (χ2n) is 10.2. The van der Waals surface area contributed by atoms with Crippen molar-refractivity contribution in [3.05, 3.63) is 0 Å². The predicted octanol–water partition coefficient (Wildman–Crippen LogP) is 3.45. The number of rotatable bonds is 2. The van der Waals surface area contributed by atoms with Gasteiger partial charge in [-0.15, -0.1) is 0 Å². The zero-order valence-corrected chi connectivity index (χ0v) is 15.8. The van der Waals surface area contributed by atoms with Crippen molar-refractivity contribution in [2.24, 2.45) is 34.5 Å². The maximum absolute atomic E-state index is 13.1. The van der Waals surface area contributed by atoms with E-state index in [9.17, 15) is 19.7 Å². The van der Waals surface area contributed by atoms with Gasteiger partial charge in [-0.3, -0.25) is 4.39 Å². The Labute approximate surface area is 151 Å². The van der Waals surface area contributed by atoms with Crippen LogP contribution < -0.4 is 0 Å². The van der Waals surface area contributed by atoms with Crippen LogP contribution in [0.15, 0.2) is 0 Å². The maximum Gasteiger partial charge on any atom is 0.0986 e. The molecule has 4 saturated carbocycles. The van der Waals surface area contributed by atoms with Crippen LogP contribution in [0.4, 0.5) is 4.39 Å². The van der Waals surface area contributed by atoms with Crippen molar-refractivity contribution in [3.8, 4) is 0 Å². The van der Waals surface area contributed by atoms with Crippen molar-refractivity contribution in [2.75, 3.05) is 6.67 Å². The minimum Gasteiger partial charge on any atom is -0.393 e. The Morgan fingerprint density at radius 2 is 1.72 bits per heavy atom. The molecule has 144 valence electrons. The van der Waals surface area contributed by atoms with Gasteiger partial charge in [0.2, 0.25) is 0 Å². The van der Waals surface area contributed by atoms with Crippen LogP contribution in [0.25, 0.3) is 0 Å². The SMILES string of the molecule is C[C@]12CCC(O)CC1CC[C@@H]1[C@@H]2CC[C@@]2(C)[C@H]1CC(O)[C@]2(O)CCF. The van der Waals surface area contributed by atoms with Gasteiger partial charge in [-0.2, -0.15) is 0 Å². The van der Waals surface area contributed by atoms with Crippen LogP contribution in [0.2, 0.25) is 0 Å². The Balaban J connectivity index is 1.64. The molecule has 0 bridgehead atoms. The van der Waals surface area contributed by atoms with Crippen LogP contribution in [0.3, 0.4) is 0 Å². The van der Waals surface area contributed by atoms with Crippen molar-refractivity contribution in [2.45, 2.75) is 89.4 Å².